The molecule has 0 aromatic heterocycles. The molecular weight excluding hydrogens is 1060 g/mol. The van der Waals surface area contributed by atoms with E-state index in [-0.39, 0.29) is 38.9 Å². The molecule has 6 atom stereocenters. The molecule has 84 heavy (non-hydrogen) atoms. The first-order valence-electron chi connectivity index (χ1n) is 36.0. The topological polar surface area (TPSA) is 198 Å². The lowest BCUT2D eigenvalue weighted by Gasteiger charge is -2.29. The Kier molecular flexibility index (Phi) is 55.3. The SMILES string of the molecule is CCCCCCCCCCCCC(O)CN(CCOC(=O)CCC1NC(=O)C(CCC(=O)OCCN(CC(O)CCCCCCCCCCCC)CC(O)CCCCCCCCCCCC)NC1=O)CC(O)CCCCCCCCCCCC. The summed E-state index contributed by atoms with van der Waals surface area (Å²) in [5.41, 5.74) is 0. The van der Waals surface area contributed by atoms with Gasteiger partial charge in [0, 0.05) is 52.1 Å². The quantitative estimate of drug-likeness (QED) is 0.0249. The number of amides is 2. The van der Waals surface area contributed by atoms with Crippen LogP contribution in [0.2, 0.25) is 0 Å². The van der Waals surface area contributed by atoms with Gasteiger partial charge in [-0.3, -0.25) is 29.0 Å². The third kappa shape index (κ3) is 49.6. The second-order valence-electron chi connectivity index (χ2n) is 25.7. The lowest BCUT2D eigenvalue weighted by atomic mass is 10.0. The third-order valence-electron chi connectivity index (χ3n) is 17.3. The number of aliphatic hydroxyl groups excluding tert-OH is 4. The van der Waals surface area contributed by atoms with E-state index in [4.69, 9.17) is 9.47 Å². The third-order valence-corrected chi connectivity index (χ3v) is 17.3. The first-order chi connectivity index (χ1) is 40.9. The Morgan fingerprint density at radius 2 is 0.560 bits per heavy atom. The number of aliphatic hydroxyl groups is 4. The maximum atomic E-state index is 13.1. The normalized spacial score (nSPS) is 16.0. The fourth-order valence-electron chi connectivity index (χ4n) is 11.9. The van der Waals surface area contributed by atoms with Gasteiger partial charge in [0.25, 0.3) is 0 Å². The van der Waals surface area contributed by atoms with Gasteiger partial charge in [-0.15, -0.1) is 0 Å². The summed E-state index contributed by atoms with van der Waals surface area (Å²) >= 11 is 0. The number of rotatable bonds is 64. The van der Waals surface area contributed by atoms with Crippen LogP contribution in [0.3, 0.4) is 0 Å². The molecule has 1 aliphatic rings. The zero-order valence-electron chi connectivity index (χ0n) is 55.2. The van der Waals surface area contributed by atoms with E-state index in [1.165, 1.54) is 205 Å². The van der Waals surface area contributed by atoms with Gasteiger partial charge < -0.3 is 40.5 Å². The molecule has 14 nitrogen and oxygen atoms in total. The Labute approximate surface area is 516 Å². The minimum Gasteiger partial charge on any atom is -0.464 e. The largest absolute Gasteiger partial charge is 0.464 e. The van der Waals surface area contributed by atoms with Crippen LogP contribution in [0.15, 0.2) is 0 Å². The molecule has 1 fully saturated rings. The molecule has 1 heterocycles. The number of carbonyl (C=O) groups is 4. The standard InChI is InChI=1S/C70H136N4O10/c1-5-9-13-17-21-25-29-33-37-41-45-61(75)57-73(58-62(76)46-42-38-34-30-26-22-18-14-10-6-2)53-55-83-67(79)51-49-65-69(81)72-66(70(82)71-65)50-52-68(80)84-56-54-74(59-63(77)47-43-39-35-31-27-23-19-15-11-7-3)60-64(78)48-44-40-36-32-28-24-20-16-12-8-4/h61-66,75-78H,5-60H2,1-4H3,(H,71,82)(H,72,81). The first-order valence-corrected chi connectivity index (χ1v) is 36.0. The van der Waals surface area contributed by atoms with E-state index in [0.717, 1.165) is 51.4 Å². The summed E-state index contributed by atoms with van der Waals surface area (Å²) < 4.78 is 11.2. The molecule has 1 saturated heterocycles. The van der Waals surface area contributed by atoms with Crippen LogP contribution in [0, 0.1) is 0 Å². The van der Waals surface area contributed by atoms with Crippen molar-refractivity contribution in [1.82, 2.24) is 20.4 Å². The number of unbranched alkanes of at least 4 members (excludes halogenated alkanes) is 36. The van der Waals surface area contributed by atoms with Crippen molar-refractivity contribution in [3.05, 3.63) is 0 Å². The summed E-state index contributed by atoms with van der Waals surface area (Å²) in [6.07, 6.45) is 49.8. The van der Waals surface area contributed by atoms with E-state index >= 15 is 0 Å². The number of carbonyl (C=O) groups excluding carboxylic acids is 4. The Balaban J connectivity index is 2.59. The molecule has 14 heteroatoms. The number of hydrogen-bond acceptors (Lipinski definition) is 12. The van der Waals surface area contributed by atoms with Gasteiger partial charge in [-0.2, -0.15) is 0 Å². The summed E-state index contributed by atoms with van der Waals surface area (Å²) in [5.74, 6) is -1.85. The van der Waals surface area contributed by atoms with Gasteiger partial charge in [-0.25, -0.2) is 0 Å². The van der Waals surface area contributed by atoms with Crippen molar-refractivity contribution in [3.8, 4) is 0 Å². The van der Waals surface area contributed by atoms with Gasteiger partial charge in [0.15, 0.2) is 0 Å². The van der Waals surface area contributed by atoms with Crippen molar-refractivity contribution in [2.75, 3.05) is 52.5 Å². The van der Waals surface area contributed by atoms with Crippen molar-refractivity contribution in [3.63, 3.8) is 0 Å². The molecule has 0 spiro atoms. The van der Waals surface area contributed by atoms with Crippen LogP contribution >= 0.6 is 0 Å². The molecule has 1 rings (SSSR count). The molecule has 1 aliphatic heterocycles. The lowest BCUT2D eigenvalue weighted by Crippen LogP contribution is -2.61. The Morgan fingerprint density at radius 3 is 0.774 bits per heavy atom. The van der Waals surface area contributed by atoms with Crippen LogP contribution in [0.4, 0.5) is 0 Å². The number of piperazine rings is 1. The van der Waals surface area contributed by atoms with Crippen LogP contribution in [0.25, 0.3) is 0 Å². The highest BCUT2D eigenvalue weighted by molar-refractivity contribution is 5.97. The molecule has 496 valence electrons. The van der Waals surface area contributed by atoms with Crippen molar-refractivity contribution in [1.29, 1.82) is 0 Å². The van der Waals surface area contributed by atoms with Crippen molar-refractivity contribution < 1.29 is 49.1 Å². The van der Waals surface area contributed by atoms with Crippen molar-refractivity contribution >= 4 is 23.8 Å². The van der Waals surface area contributed by atoms with E-state index in [9.17, 15) is 39.6 Å². The fraction of sp³-hybridized carbons (Fsp3) is 0.943. The van der Waals surface area contributed by atoms with Crippen LogP contribution in [-0.2, 0) is 28.7 Å². The Bertz CT molecular complexity index is 1340. The molecule has 6 N–H and O–H groups in total. The highest BCUT2D eigenvalue weighted by Gasteiger charge is 2.34. The summed E-state index contributed by atoms with van der Waals surface area (Å²) in [4.78, 5) is 56.2. The predicted molar refractivity (Wildman–Crippen MR) is 347 cm³/mol. The summed E-state index contributed by atoms with van der Waals surface area (Å²) in [6, 6.07) is -1.84. The van der Waals surface area contributed by atoms with Gasteiger partial charge in [-0.05, 0) is 38.5 Å². The number of nitrogens with one attached hydrogen (secondary N) is 2. The average molecular weight is 1190 g/mol. The van der Waals surface area contributed by atoms with Gasteiger partial charge in [0.05, 0.1) is 24.4 Å². The second kappa shape index (κ2) is 58.3. The zero-order valence-corrected chi connectivity index (χ0v) is 55.2. The first kappa shape index (κ1) is 79.7. The number of hydrogen-bond donors (Lipinski definition) is 6. The van der Waals surface area contributed by atoms with E-state index in [2.05, 4.69) is 38.3 Å². The smallest absolute Gasteiger partial charge is 0.305 e. The minimum absolute atomic E-state index is 0.0580. The number of esters is 2. The maximum Gasteiger partial charge on any atom is 0.305 e. The van der Waals surface area contributed by atoms with Crippen LogP contribution in [0.5, 0.6) is 0 Å². The Morgan fingerprint density at radius 1 is 0.357 bits per heavy atom. The minimum atomic E-state index is -0.918. The molecule has 0 aromatic carbocycles. The monoisotopic (exact) mass is 1190 g/mol. The van der Waals surface area contributed by atoms with Gasteiger partial charge in [0.2, 0.25) is 11.8 Å². The zero-order chi connectivity index (χ0) is 61.4. The molecule has 0 aromatic rings. The fourth-order valence-corrected chi connectivity index (χ4v) is 11.9. The number of ether oxygens (including phenoxy) is 2. The highest BCUT2D eigenvalue weighted by atomic mass is 16.5. The molecule has 0 saturated carbocycles. The summed E-state index contributed by atoms with van der Waals surface area (Å²) in [7, 11) is 0. The van der Waals surface area contributed by atoms with Crippen LogP contribution in [-0.4, -0.2) is 143 Å². The van der Waals surface area contributed by atoms with Crippen LogP contribution < -0.4 is 10.6 Å². The van der Waals surface area contributed by atoms with Crippen LogP contribution in [0.1, 0.15) is 336 Å². The molecule has 2 amide bonds. The molecule has 6 unspecified atom stereocenters. The van der Waals surface area contributed by atoms with E-state index < -0.39 is 60.3 Å². The molecular formula is C70H136N4O10. The van der Waals surface area contributed by atoms with Gasteiger partial charge in [0.1, 0.15) is 25.3 Å². The number of nitrogens with zero attached hydrogens (tertiary/aromatic N) is 2. The van der Waals surface area contributed by atoms with Crippen molar-refractivity contribution in [2.24, 2.45) is 0 Å². The van der Waals surface area contributed by atoms with Gasteiger partial charge >= 0.3 is 11.9 Å². The molecule has 0 radical (unpaired) electrons. The highest BCUT2D eigenvalue weighted by Crippen LogP contribution is 2.19. The molecule has 0 bridgehead atoms. The predicted octanol–water partition coefficient (Wildman–Crippen LogP) is 14.9. The lowest BCUT2D eigenvalue weighted by molar-refractivity contribution is -0.147. The summed E-state index contributed by atoms with van der Waals surface area (Å²) in [6.45, 7) is 11.4. The summed E-state index contributed by atoms with van der Waals surface area (Å²) in [5, 5.41) is 49.7. The van der Waals surface area contributed by atoms with Crippen molar-refractivity contribution in [2.45, 2.75) is 372 Å². The van der Waals surface area contributed by atoms with E-state index in [1.807, 2.05) is 9.80 Å². The average Bonchev–Trinajstić information content (AvgIpc) is 3.59. The van der Waals surface area contributed by atoms with E-state index in [0.29, 0.717) is 65.0 Å². The molecule has 0 aliphatic carbocycles. The van der Waals surface area contributed by atoms with E-state index in [1.54, 1.807) is 0 Å². The van der Waals surface area contributed by atoms with Gasteiger partial charge in [-0.1, -0.05) is 285 Å². The maximum absolute atomic E-state index is 13.1. The second-order valence-corrected chi connectivity index (χ2v) is 25.7. The Hall–Kier alpha value is -2.36.